The van der Waals surface area contributed by atoms with Crippen molar-refractivity contribution in [1.29, 1.82) is 5.26 Å². The van der Waals surface area contributed by atoms with E-state index >= 15 is 0 Å². The maximum atomic E-state index is 10.8. The third-order valence-electron chi connectivity index (χ3n) is 5.08. The van der Waals surface area contributed by atoms with Crippen LogP contribution in [0, 0.1) is 18.3 Å². The van der Waals surface area contributed by atoms with Crippen molar-refractivity contribution in [2.45, 2.75) is 13.8 Å². The Bertz CT molecular complexity index is 1400. The Balaban J connectivity index is 1.62. The zero-order valence-electron chi connectivity index (χ0n) is 18.2. The molecule has 0 saturated carbocycles. The van der Waals surface area contributed by atoms with Crippen LogP contribution in [0.5, 0.6) is 5.88 Å². The second kappa shape index (κ2) is 9.47. The summed E-state index contributed by atoms with van der Waals surface area (Å²) in [5.74, 6) is 0.491. The Morgan fingerprint density at radius 3 is 2.61 bits per heavy atom. The van der Waals surface area contributed by atoms with Crippen LogP contribution in [0.3, 0.4) is 0 Å². The smallest absolute Gasteiger partial charge is 0.223 e. The lowest BCUT2D eigenvalue weighted by molar-refractivity contribution is 0.430. The third kappa shape index (κ3) is 4.52. The minimum atomic E-state index is -0.00683. The number of hydrogen-bond donors (Lipinski definition) is 1. The molecule has 6 nitrogen and oxygen atoms in total. The molecule has 3 aromatic heterocycles. The summed E-state index contributed by atoms with van der Waals surface area (Å²) >= 11 is 1.56. The Labute approximate surface area is 196 Å². The second-order valence-electron chi connectivity index (χ2n) is 7.29. The highest BCUT2D eigenvalue weighted by Gasteiger charge is 2.18. The molecule has 0 atom stereocenters. The van der Waals surface area contributed by atoms with Gasteiger partial charge in [-0.05, 0) is 37.6 Å². The number of nitriles is 1. The van der Waals surface area contributed by atoms with Crippen LogP contribution in [0.4, 0.5) is 0 Å². The van der Waals surface area contributed by atoms with Gasteiger partial charge in [0.1, 0.15) is 5.01 Å². The van der Waals surface area contributed by atoms with Crippen LogP contribution < -0.4 is 0 Å². The number of hydrogen-bond acceptors (Lipinski definition) is 6. The topological polar surface area (TPSA) is 87.6 Å². The van der Waals surface area contributed by atoms with Crippen molar-refractivity contribution < 1.29 is 5.11 Å². The Hall–Kier alpha value is -4.28. The molecule has 162 valence electrons. The summed E-state index contributed by atoms with van der Waals surface area (Å²) in [6, 6.07) is 15.8. The second-order valence-corrected chi connectivity index (χ2v) is 8.15. The van der Waals surface area contributed by atoms with Crippen molar-refractivity contribution in [2.24, 2.45) is 0 Å². The van der Waals surface area contributed by atoms with E-state index in [0.717, 1.165) is 27.4 Å². The van der Waals surface area contributed by atoms with Crippen molar-refractivity contribution in [3.8, 4) is 39.6 Å². The van der Waals surface area contributed by atoms with Crippen LogP contribution in [0.15, 0.2) is 84.4 Å². The van der Waals surface area contributed by atoms with Crippen LogP contribution in [-0.2, 0) is 0 Å². The zero-order valence-corrected chi connectivity index (χ0v) is 19.0. The minimum Gasteiger partial charge on any atom is -0.493 e. The Morgan fingerprint density at radius 2 is 1.94 bits per heavy atom. The summed E-state index contributed by atoms with van der Waals surface area (Å²) in [6.45, 7) is 7.28. The zero-order chi connectivity index (χ0) is 23.4. The van der Waals surface area contributed by atoms with Crippen molar-refractivity contribution >= 4 is 16.9 Å². The average Bonchev–Trinajstić information content (AvgIpc) is 3.45. The number of pyridine rings is 1. The van der Waals surface area contributed by atoms with Gasteiger partial charge in [0, 0.05) is 22.7 Å². The van der Waals surface area contributed by atoms with Gasteiger partial charge in [-0.25, -0.2) is 9.97 Å². The first-order valence-electron chi connectivity index (χ1n) is 10.2. The number of aryl methyl sites for hydroxylation is 1. The van der Waals surface area contributed by atoms with Gasteiger partial charge in [-0.2, -0.15) is 15.0 Å². The summed E-state index contributed by atoms with van der Waals surface area (Å²) in [6.07, 6.45) is 6.63. The molecule has 1 N–H and O–H groups in total. The summed E-state index contributed by atoms with van der Waals surface area (Å²) < 4.78 is 1.41. The van der Waals surface area contributed by atoms with Gasteiger partial charge < -0.3 is 5.11 Å². The van der Waals surface area contributed by atoms with Crippen LogP contribution in [0.25, 0.3) is 33.2 Å². The van der Waals surface area contributed by atoms with Crippen LogP contribution in [0.2, 0.25) is 0 Å². The summed E-state index contributed by atoms with van der Waals surface area (Å²) in [4.78, 5) is 9.23. The number of thiazole rings is 1. The first-order chi connectivity index (χ1) is 16.0. The number of aromatic hydroxyl groups is 1. The summed E-state index contributed by atoms with van der Waals surface area (Å²) in [5, 5.41) is 27.2. The molecular weight excluding hydrogens is 430 g/mol. The first-order valence-corrected chi connectivity index (χ1v) is 11.1. The molecule has 33 heavy (non-hydrogen) atoms. The molecule has 0 bridgehead atoms. The van der Waals surface area contributed by atoms with Gasteiger partial charge >= 0.3 is 0 Å². The van der Waals surface area contributed by atoms with E-state index in [2.05, 4.69) is 16.7 Å². The summed E-state index contributed by atoms with van der Waals surface area (Å²) in [5.41, 5.74) is 5.37. The molecule has 4 aromatic rings. The number of aromatic nitrogens is 4. The van der Waals surface area contributed by atoms with E-state index in [0.29, 0.717) is 22.6 Å². The largest absolute Gasteiger partial charge is 0.493 e. The van der Waals surface area contributed by atoms with Crippen molar-refractivity contribution in [3.05, 3.63) is 95.7 Å². The normalized spacial score (nSPS) is 11.9. The highest BCUT2D eigenvalue weighted by Crippen LogP contribution is 2.32. The fourth-order valence-corrected chi connectivity index (χ4v) is 4.19. The van der Waals surface area contributed by atoms with Crippen LogP contribution >= 0.6 is 11.3 Å². The van der Waals surface area contributed by atoms with E-state index < -0.39 is 0 Å². The molecule has 0 unspecified atom stereocenters. The van der Waals surface area contributed by atoms with Crippen molar-refractivity contribution in [2.75, 3.05) is 0 Å². The van der Waals surface area contributed by atoms with E-state index in [1.54, 1.807) is 35.8 Å². The number of rotatable bonds is 6. The number of allylic oxidation sites excluding steroid dienone is 5. The molecule has 0 spiro atoms. The maximum absolute atomic E-state index is 10.8. The Kier molecular flexibility index (Phi) is 6.29. The SMILES string of the molecule is C=C/C(C#N)=C\C=C(/C)c1c(C)nn(-c2ccc(-c3nc(-c4ccccc4)cs3)cn2)c1O. The molecule has 0 radical (unpaired) electrons. The highest BCUT2D eigenvalue weighted by atomic mass is 32.1. The average molecular weight is 452 g/mol. The van der Waals surface area contributed by atoms with Gasteiger partial charge in [0.2, 0.25) is 5.88 Å². The first kappa shape index (κ1) is 21.9. The van der Waals surface area contributed by atoms with Gasteiger partial charge in [-0.15, -0.1) is 11.3 Å². The molecule has 0 aliphatic rings. The predicted octanol–water partition coefficient (Wildman–Crippen LogP) is 6.11. The van der Waals surface area contributed by atoms with E-state index in [-0.39, 0.29) is 5.88 Å². The molecule has 4 rings (SSSR count). The standard InChI is InChI=1S/C26H21N5OS/c1-4-19(14-27)11-10-17(2)24-18(3)30-31(26(24)32)23-13-12-21(15-28-23)25-29-22(16-33-25)20-8-6-5-7-9-20/h4-13,15-16,32H,1H2,2-3H3/b17-10+,19-11+. The molecular formula is C26H21N5OS. The Morgan fingerprint density at radius 1 is 1.15 bits per heavy atom. The molecule has 1 aromatic carbocycles. The predicted molar refractivity (Wildman–Crippen MR) is 132 cm³/mol. The molecule has 7 heteroatoms. The molecule has 3 heterocycles. The van der Waals surface area contributed by atoms with Crippen LogP contribution in [-0.4, -0.2) is 24.9 Å². The molecule has 0 saturated heterocycles. The van der Waals surface area contributed by atoms with Crippen molar-refractivity contribution in [3.63, 3.8) is 0 Å². The fourth-order valence-electron chi connectivity index (χ4n) is 3.37. The fraction of sp³-hybridized carbons (Fsp3) is 0.0769. The molecule has 0 aliphatic carbocycles. The lowest BCUT2D eigenvalue weighted by Gasteiger charge is -2.04. The van der Waals surface area contributed by atoms with E-state index in [1.807, 2.05) is 61.7 Å². The van der Waals surface area contributed by atoms with Gasteiger partial charge in [-0.1, -0.05) is 49.1 Å². The third-order valence-corrected chi connectivity index (χ3v) is 5.97. The lowest BCUT2D eigenvalue weighted by atomic mass is 10.1. The monoisotopic (exact) mass is 451 g/mol. The summed E-state index contributed by atoms with van der Waals surface area (Å²) in [7, 11) is 0. The molecule has 0 amide bonds. The van der Waals surface area contributed by atoms with Gasteiger partial charge in [0.15, 0.2) is 5.82 Å². The molecule has 0 aliphatic heterocycles. The van der Waals surface area contributed by atoms with E-state index in [9.17, 15) is 5.11 Å². The van der Waals surface area contributed by atoms with Gasteiger partial charge in [0.05, 0.1) is 28.6 Å². The number of benzene rings is 1. The molecule has 0 fully saturated rings. The van der Waals surface area contributed by atoms with Crippen LogP contribution in [0.1, 0.15) is 18.2 Å². The van der Waals surface area contributed by atoms with E-state index in [4.69, 9.17) is 10.2 Å². The minimum absolute atomic E-state index is 0.00683. The van der Waals surface area contributed by atoms with Gasteiger partial charge in [-0.3, -0.25) is 0 Å². The quantitative estimate of drug-likeness (QED) is 0.282. The van der Waals surface area contributed by atoms with Gasteiger partial charge in [0.25, 0.3) is 0 Å². The van der Waals surface area contributed by atoms with Crippen molar-refractivity contribution in [1.82, 2.24) is 19.7 Å². The van der Waals surface area contributed by atoms with E-state index in [1.165, 1.54) is 10.8 Å². The maximum Gasteiger partial charge on any atom is 0.223 e. The lowest BCUT2D eigenvalue weighted by Crippen LogP contribution is -1.99. The highest BCUT2D eigenvalue weighted by molar-refractivity contribution is 7.13. The number of nitrogens with zero attached hydrogens (tertiary/aromatic N) is 5.